The zero-order valence-electron chi connectivity index (χ0n) is 17.8. The molecule has 166 valence electrons. The maximum atomic E-state index is 14.6. The van der Waals surface area contributed by atoms with Gasteiger partial charge < -0.3 is 9.64 Å². The molecule has 0 spiro atoms. The number of nitrogens with zero attached hydrogens (tertiary/aromatic N) is 5. The summed E-state index contributed by atoms with van der Waals surface area (Å²) in [6.07, 6.45) is 5.15. The molecule has 1 fully saturated rings. The fourth-order valence-corrected chi connectivity index (χ4v) is 4.44. The van der Waals surface area contributed by atoms with E-state index >= 15 is 0 Å². The second kappa shape index (κ2) is 9.89. The Morgan fingerprint density at radius 3 is 2.58 bits per heavy atom. The Balaban J connectivity index is 1.50. The van der Waals surface area contributed by atoms with Crippen LogP contribution in [0.25, 0.3) is 11.3 Å². The molecule has 6 nitrogen and oxygen atoms in total. The summed E-state index contributed by atoms with van der Waals surface area (Å²) in [6.45, 7) is 3.28. The summed E-state index contributed by atoms with van der Waals surface area (Å²) in [5.74, 6) is -0.304. The lowest BCUT2D eigenvalue weighted by Gasteiger charge is -2.28. The van der Waals surface area contributed by atoms with E-state index in [4.69, 9.17) is 4.74 Å². The minimum atomic E-state index is -0.304. The first-order valence-corrected chi connectivity index (χ1v) is 11.5. The lowest BCUT2D eigenvalue weighted by molar-refractivity contribution is 0.122. The van der Waals surface area contributed by atoms with Gasteiger partial charge in [0.15, 0.2) is 0 Å². The number of halogens is 1. The maximum Gasteiger partial charge on any atom is 0.211 e. The average Bonchev–Trinajstić information content (AvgIpc) is 3.26. The molecule has 0 bridgehead atoms. The fraction of sp³-hybridized carbons (Fsp3) is 0.160. The molecule has 5 rings (SSSR count). The predicted molar refractivity (Wildman–Crippen MR) is 130 cm³/mol. The molecule has 0 amide bonds. The van der Waals surface area contributed by atoms with Crippen molar-refractivity contribution in [3.63, 3.8) is 0 Å². The predicted octanol–water partition coefficient (Wildman–Crippen LogP) is 4.70. The second-order valence-corrected chi connectivity index (χ2v) is 8.29. The van der Waals surface area contributed by atoms with Crippen molar-refractivity contribution in [2.45, 2.75) is 0 Å². The lowest BCUT2D eigenvalue weighted by Crippen LogP contribution is -2.36. The summed E-state index contributed by atoms with van der Waals surface area (Å²) in [7, 11) is 0. The number of thiazole rings is 1. The van der Waals surface area contributed by atoms with E-state index in [9.17, 15) is 4.39 Å². The van der Waals surface area contributed by atoms with Crippen molar-refractivity contribution in [1.29, 1.82) is 0 Å². The zero-order valence-corrected chi connectivity index (χ0v) is 18.7. The van der Waals surface area contributed by atoms with E-state index in [1.165, 1.54) is 17.4 Å². The lowest BCUT2D eigenvalue weighted by atomic mass is 10.1. The highest BCUT2D eigenvalue weighted by Crippen LogP contribution is 2.24. The molecule has 2 aromatic heterocycles. The van der Waals surface area contributed by atoms with Crippen LogP contribution in [0, 0.1) is 5.82 Å². The number of rotatable bonds is 5. The summed E-state index contributed by atoms with van der Waals surface area (Å²) in [5.41, 5.74) is 3.93. The molecule has 1 aliphatic heterocycles. The van der Waals surface area contributed by atoms with Gasteiger partial charge in [0.1, 0.15) is 5.82 Å². The Morgan fingerprint density at radius 2 is 1.82 bits per heavy atom. The van der Waals surface area contributed by atoms with Crippen molar-refractivity contribution < 1.29 is 9.13 Å². The van der Waals surface area contributed by atoms with Crippen LogP contribution in [-0.4, -0.2) is 42.2 Å². The molecule has 1 aliphatic rings. The SMILES string of the molecule is Fc1ccccc1-c1csc(=Nc2cccnc2)n1N=Cc1ccc(N2CCOCC2)cc1. The Labute approximate surface area is 195 Å². The normalized spacial score (nSPS) is 14.8. The van der Waals surface area contributed by atoms with Crippen LogP contribution in [0.4, 0.5) is 15.8 Å². The third-order valence-electron chi connectivity index (χ3n) is 5.30. The number of benzene rings is 2. The number of aromatic nitrogens is 2. The monoisotopic (exact) mass is 459 g/mol. The van der Waals surface area contributed by atoms with Gasteiger partial charge in [0.25, 0.3) is 0 Å². The fourth-order valence-electron chi connectivity index (χ4n) is 3.59. The van der Waals surface area contributed by atoms with E-state index in [1.54, 1.807) is 35.4 Å². The number of ether oxygens (including phenoxy) is 1. The van der Waals surface area contributed by atoms with E-state index in [0.717, 1.165) is 37.6 Å². The number of hydrogen-bond donors (Lipinski definition) is 0. The first kappa shape index (κ1) is 21.2. The quantitative estimate of drug-likeness (QED) is 0.407. The van der Waals surface area contributed by atoms with Crippen LogP contribution < -0.4 is 9.70 Å². The first-order valence-electron chi connectivity index (χ1n) is 10.7. The molecule has 0 N–H and O–H groups in total. The topological polar surface area (TPSA) is 55.0 Å². The molecule has 2 aromatic carbocycles. The molecule has 3 heterocycles. The third-order valence-corrected chi connectivity index (χ3v) is 6.11. The number of anilines is 1. The smallest absolute Gasteiger partial charge is 0.211 e. The third kappa shape index (κ3) is 4.92. The van der Waals surface area contributed by atoms with E-state index < -0.39 is 0 Å². The van der Waals surface area contributed by atoms with Gasteiger partial charge in [-0.05, 0) is 42.0 Å². The Morgan fingerprint density at radius 1 is 1.00 bits per heavy atom. The van der Waals surface area contributed by atoms with Crippen molar-refractivity contribution >= 4 is 28.9 Å². The second-order valence-electron chi connectivity index (χ2n) is 7.45. The van der Waals surface area contributed by atoms with Crippen molar-refractivity contribution in [3.8, 4) is 11.3 Å². The first-order chi connectivity index (χ1) is 16.3. The van der Waals surface area contributed by atoms with Gasteiger partial charge in [0.05, 0.1) is 37.0 Å². The summed E-state index contributed by atoms with van der Waals surface area (Å²) >= 11 is 1.40. The highest BCUT2D eigenvalue weighted by molar-refractivity contribution is 7.07. The average molecular weight is 460 g/mol. The van der Waals surface area contributed by atoms with Gasteiger partial charge in [-0.1, -0.05) is 24.3 Å². The molecule has 4 aromatic rings. The Hall–Kier alpha value is -3.62. The Kier molecular flexibility index (Phi) is 6.37. The zero-order chi connectivity index (χ0) is 22.5. The van der Waals surface area contributed by atoms with Crippen LogP contribution in [0.3, 0.4) is 0 Å². The van der Waals surface area contributed by atoms with Crippen LogP contribution in [0.2, 0.25) is 0 Å². The molecule has 0 saturated carbocycles. The number of morpholine rings is 1. The van der Waals surface area contributed by atoms with E-state index in [2.05, 4.69) is 32.1 Å². The van der Waals surface area contributed by atoms with Crippen LogP contribution in [0.15, 0.2) is 88.5 Å². The maximum absolute atomic E-state index is 14.6. The van der Waals surface area contributed by atoms with Crippen LogP contribution >= 0.6 is 11.3 Å². The number of pyridine rings is 1. The molecule has 0 aliphatic carbocycles. The van der Waals surface area contributed by atoms with E-state index in [1.807, 2.05) is 35.7 Å². The van der Waals surface area contributed by atoms with Gasteiger partial charge >= 0.3 is 0 Å². The highest BCUT2D eigenvalue weighted by Gasteiger charge is 2.12. The van der Waals surface area contributed by atoms with Gasteiger partial charge in [-0.3, -0.25) is 4.98 Å². The van der Waals surface area contributed by atoms with Gasteiger partial charge in [0, 0.05) is 35.9 Å². The van der Waals surface area contributed by atoms with Gasteiger partial charge in [-0.25, -0.2) is 14.1 Å². The minimum Gasteiger partial charge on any atom is -0.378 e. The van der Waals surface area contributed by atoms with E-state index in [-0.39, 0.29) is 5.82 Å². The largest absolute Gasteiger partial charge is 0.378 e. The molecular weight excluding hydrogens is 437 g/mol. The van der Waals surface area contributed by atoms with Gasteiger partial charge in [-0.2, -0.15) is 5.10 Å². The Bertz CT molecular complexity index is 1310. The van der Waals surface area contributed by atoms with Crippen molar-refractivity contribution in [2.24, 2.45) is 10.1 Å². The van der Waals surface area contributed by atoms with Crippen molar-refractivity contribution in [1.82, 2.24) is 9.66 Å². The van der Waals surface area contributed by atoms with Crippen molar-refractivity contribution in [3.05, 3.63) is 94.6 Å². The van der Waals surface area contributed by atoms with Gasteiger partial charge in [-0.15, -0.1) is 11.3 Å². The molecule has 33 heavy (non-hydrogen) atoms. The standard InChI is InChI=1S/C25H22FN5OS/c26-23-6-2-1-5-22(23)24-18-33-25(29-20-4-3-11-27-17-20)31(24)28-16-19-7-9-21(10-8-19)30-12-14-32-15-13-30/h1-11,16-18H,12-15H2. The van der Waals surface area contributed by atoms with Crippen LogP contribution in [0.5, 0.6) is 0 Å². The molecule has 8 heteroatoms. The summed E-state index contributed by atoms with van der Waals surface area (Å²) < 4.78 is 21.7. The molecule has 0 atom stereocenters. The highest BCUT2D eigenvalue weighted by atomic mass is 32.1. The molecule has 1 saturated heterocycles. The van der Waals surface area contributed by atoms with Crippen LogP contribution in [0.1, 0.15) is 5.56 Å². The van der Waals surface area contributed by atoms with Crippen LogP contribution in [-0.2, 0) is 4.74 Å². The molecular formula is C25H22FN5OS. The minimum absolute atomic E-state index is 0.304. The van der Waals surface area contributed by atoms with Gasteiger partial charge in [0.2, 0.25) is 4.80 Å². The summed E-state index contributed by atoms with van der Waals surface area (Å²) in [4.78, 5) is 11.7. The summed E-state index contributed by atoms with van der Waals surface area (Å²) in [5, 5.41) is 6.55. The number of hydrogen-bond acceptors (Lipinski definition) is 6. The molecule has 0 radical (unpaired) electrons. The van der Waals surface area contributed by atoms with Crippen molar-refractivity contribution in [2.75, 3.05) is 31.2 Å². The molecule has 0 unspecified atom stereocenters. The van der Waals surface area contributed by atoms with E-state index in [0.29, 0.717) is 21.7 Å². The summed E-state index contributed by atoms with van der Waals surface area (Å²) in [6, 6.07) is 18.6.